The molecule has 0 fully saturated rings. The van der Waals surface area contributed by atoms with Crippen LogP contribution in [0.25, 0.3) is 0 Å². The van der Waals surface area contributed by atoms with Crippen LogP contribution < -0.4 is 10.6 Å². The van der Waals surface area contributed by atoms with Crippen LogP contribution in [0.3, 0.4) is 0 Å². The fourth-order valence-electron chi connectivity index (χ4n) is 2.15. The van der Waals surface area contributed by atoms with E-state index in [1.807, 2.05) is 38.1 Å². The maximum absolute atomic E-state index is 12.4. The van der Waals surface area contributed by atoms with Crippen LogP contribution in [-0.2, 0) is 14.4 Å². The number of thioether (sulfide) groups is 1. The highest BCUT2D eigenvalue weighted by molar-refractivity contribution is 8.00. The van der Waals surface area contributed by atoms with E-state index in [9.17, 15) is 14.4 Å². The standard InChI is InChI=1S/C20H20N2O4S/c1-13-5-3-4-6-17(13)22-20(26)14(2)27-16-9-7-15(8-10-16)21-18(23)11-12-19(24)25/h3-12,14H,1-2H3,(H,21,23)(H,22,26)(H,24,25)/b12-11+. The minimum absolute atomic E-state index is 0.0921. The summed E-state index contributed by atoms with van der Waals surface area (Å²) in [6, 6.07) is 14.6. The van der Waals surface area contributed by atoms with Gasteiger partial charge in [-0.05, 0) is 49.7 Å². The van der Waals surface area contributed by atoms with Gasteiger partial charge in [0.15, 0.2) is 0 Å². The molecular weight excluding hydrogens is 364 g/mol. The minimum atomic E-state index is -1.19. The Morgan fingerprint density at radius 3 is 2.30 bits per heavy atom. The molecule has 2 rings (SSSR count). The van der Waals surface area contributed by atoms with Gasteiger partial charge in [0.1, 0.15) is 0 Å². The Bertz CT molecular complexity index is 863. The molecule has 2 amide bonds. The number of para-hydroxylation sites is 1. The van der Waals surface area contributed by atoms with Gasteiger partial charge in [-0.3, -0.25) is 9.59 Å². The molecular formula is C20H20N2O4S. The van der Waals surface area contributed by atoms with Crippen LogP contribution in [0.5, 0.6) is 0 Å². The van der Waals surface area contributed by atoms with Gasteiger partial charge in [-0.15, -0.1) is 11.8 Å². The molecule has 6 nitrogen and oxygen atoms in total. The quantitative estimate of drug-likeness (QED) is 0.500. The summed E-state index contributed by atoms with van der Waals surface area (Å²) in [6.07, 6.45) is 1.72. The molecule has 0 heterocycles. The average molecular weight is 384 g/mol. The molecule has 2 aromatic rings. The number of aliphatic carboxylic acids is 1. The van der Waals surface area contributed by atoms with Crippen LogP contribution in [0.15, 0.2) is 65.6 Å². The van der Waals surface area contributed by atoms with Crippen molar-refractivity contribution in [3.05, 3.63) is 66.2 Å². The largest absolute Gasteiger partial charge is 0.478 e. The second-order valence-corrected chi connectivity index (χ2v) is 7.16. The number of carbonyl (C=O) groups is 3. The lowest BCUT2D eigenvalue weighted by atomic mass is 10.2. The highest BCUT2D eigenvalue weighted by Gasteiger charge is 2.15. The molecule has 0 saturated heterocycles. The van der Waals surface area contributed by atoms with Crippen LogP contribution in [0.2, 0.25) is 0 Å². The van der Waals surface area contributed by atoms with Crippen molar-refractivity contribution in [2.24, 2.45) is 0 Å². The summed E-state index contributed by atoms with van der Waals surface area (Å²) < 4.78 is 0. The van der Waals surface area contributed by atoms with Crippen LogP contribution >= 0.6 is 11.8 Å². The maximum atomic E-state index is 12.4. The number of benzene rings is 2. The van der Waals surface area contributed by atoms with E-state index in [0.29, 0.717) is 5.69 Å². The molecule has 2 aromatic carbocycles. The number of nitrogens with one attached hydrogen (secondary N) is 2. The normalized spacial score (nSPS) is 11.8. The number of hydrogen-bond donors (Lipinski definition) is 3. The predicted molar refractivity (Wildman–Crippen MR) is 107 cm³/mol. The summed E-state index contributed by atoms with van der Waals surface area (Å²) in [4.78, 5) is 35.2. The predicted octanol–water partition coefficient (Wildman–Crippen LogP) is 3.69. The van der Waals surface area contributed by atoms with Crippen molar-refractivity contribution < 1.29 is 19.5 Å². The van der Waals surface area contributed by atoms with Crippen molar-refractivity contribution in [2.75, 3.05) is 10.6 Å². The summed E-state index contributed by atoms with van der Waals surface area (Å²) in [5, 5.41) is 13.7. The van der Waals surface area contributed by atoms with Gasteiger partial charge < -0.3 is 15.7 Å². The zero-order chi connectivity index (χ0) is 19.8. The molecule has 0 spiro atoms. The molecule has 0 aliphatic rings. The summed E-state index contributed by atoms with van der Waals surface area (Å²) in [5.41, 5.74) is 2.33. The van der Waals surface area contributed by atoms with Crippen molar-refractivity contribution in [2.45, 2.75) is 24.0 Å². The average Bonchev–Trinajstić information content (AvgIpc) is 2.63. The number of carboxylic acids is 1. The fraction of sp³-hybridized carbons (Fsp3) is 0.150. The number of rotatable bonds is 7. The molecule has 1 atom stereocenters. The lowest BCUT2D eigenvalue weighted by Gasteiger charge is -2.13. The van der Waals surface area contributed by atoms with E-state index >= 15 is 0 Å². The molecule has 0 saturated carbocycles. The Balaban J connectivity index is 1.91. The minimum Gasteiger partial charge on any atom is -0.478 e. The van der Waals surface area contributed by atoms with Crippen molar-refractivity contribution in [3.8, 4) is 0 Å². The first-order chi connectivity index (χ1) is 12.8. The van der Waals surface area contributed by atoms with Gasteiger partial charge >= 0.3 is 5.97 Å². The molecule has 0 radical (unpaired) electrons. The number of carbonyl (C=O) groups excluding carboxylic acids is 2. The Hall–Kier alpha value is -3.06. The Morgan fingerprint density at radius 2 is 1.67 bits per heavy atom. The zero-order valence-corrected chi connectivity index (χ0v) is 15.7. The topological polar surface area (TPSA) is 95.5 Å². The lowest BCUT2D eigenvalue weighted by Crippen LogP contribution is -2.22. The maximum Gasteiger partial charge on any atom is 0.328 e. The molecule has 0 aliphatic carbocycles. The van der Waals surface area contributed by atoms with E-state index in [2.05, 4.69) is 10.6 Å². The SMILES string of the molecule is Cc1ccccc1NC(=O)C(C)Sc1ccc(NC(=O)/C=C/C(=O)O)cc1. The third-order valence-corrected chi connectivity index (χ3v) is 4.70. The molecule has 27 heavy (non-hydrogen) atoms. The van der Waals surface area contributed by atoms with Gasteiger partial charge in [-0.2, -0.15) is 0 Å². The second kappa shape index (κ2) is 9.59. The fourth-order valence-corrected chi connectivity index (χ4v) is 3.02. The van der Waals surface area contributed by atoms with E-state index in [4.69, 9.17) is 5.11 Å². The summed E-state index contributed by atoms with van der Waals surface area (Å²) in [7, 11) is 0. The number of amides is 2. The van der Waals surface area contributed by atoms with Crippen molar-refractivity contribution >= 4 is 40.9 Å². The molecule has 1 unspecified atom stereocenters. The van der Waals surface area contributed by atoms with Crippen LogP contribution in [-0.4, -0.2) is 28.1 Å². The first kappa shape index (κ1) is 20.3. The lowest BCUT2D eigenvalue weighted by molar-refractivity contribution is -0.131. The molecule has 0 bridgehead atoms. The summed E-state index contributed by atoms with van der Waals surface area (Å²) >= 11 is 1.40. The van der Waals surface area contributed by atoms with E-state index in [0.717, 1.165) is 28.3 Å². The van der Waals surface area contributed by atoms with Crippen LogP contribution in [0, 0.1) is 6.92 Å². The second-order valence-electron chi connectivity index (χ2n) is 5.75. The smallest absolute Gasteiger partial charge is 0.328 e. The Labute approximate surface area is 161 Å². The van der Waals surface area contributed by atoms with Crippen molar-refractivity contribution in [1.82, 2.24) is 0 Å². The number of aryl methyl sites for hydroxylation is 1. The monoisotopic (exact) mass is 384 g/mol. The van der Waals surface area contributed by atoms with E-state index in [1.54, 1.807) is 24.3 Å². The molecule has 3 N–H and O–H groups in total. The number of hydrogen-bond acceptors (Lipinski definition) is 4. The van der Waals surface area contributed by atoms with Gasteiger partial charge in [0, 0.05) is 28.4 Å². The van der Waals surface area contributed by atoms with Crippen LogP contribution in [0.4, 0.5) is 11.4 Å². The first-order valence-electron chi connectivity index (χ1n) is 8.20. The van der Waals surface area contributed by atoms with Gasteiger partial charge in [0.05, 0.1) is 5.25 Å². The third kappa shape index (κ3) is 6.63. The molecule has 7 heteroatoms. The summed E-state index contributed by atoms with van der Waals surface area (Å²) in [6.45, 7) is 3.76. The van der Waals surface area contributed by atoms with Gasteiger partial charge in [-0.1, -0.05) is 18.2 Å². The van der Waals surface area contributed by atoms with E-state index in [-0.39, 0.29) is 11.2 Å². The van der Waals surface area contributed by atoms with Crippen molar-refractivity contribution in [3.63, 3.8) is 0 Å². The highest BCUT2D eigenvalue weighted by Crippen LogP contribution is 2.26. The van der Waals surface area contributed by atoms with Gasteiger partial charge in [-0.25, -0.2) is 4.79 Å². The molecule has 140 valence electrons. The third-order valence-electron chi connectivity index (χ3n) is 3.58. The number of carboxylic acid groups (broad SMARTS) is 1. The molecule has 0 aliphatic heterocycles. The van der Waals surface area contributed by atoms with E-state index < -0.39 is 11.9 Å². The Morgan fingerprint density at radius 1 is 1.00 bits per heavy atom. The highest BCUT2D eigenvalue weighted by atomic mass is 32.2. The first-order valence-corrected chi connectivity index (χ1v) is 9.08. The van der Waals surface area contributed by atoms with E-state index in [1.165, 1.54) is 11.8 Å². The number of anilines is 2. The van der Waals surface area contributed by atoms with Gasteiger partial charge in [0.25, 0.3) is 0 Å². The van der Waals surface area contributed by atoms with Crippen molar-refractivity contribution in [1.29, 1.82) is 0 Å². The zero-order valence-electron chi connectivity index (χ0n) is 14.9. The van der Waals surface area contributed by atoms with Crippen LogP contribution in [0.1, 0.15) is 12.5 Å². The summed E-state index contributed by atoms with van der Waals surface area (Å²) in [5.74, 6) is -1.80. The van der Waals surface area contributed by atoms with Gasteiger partial charge in [0.2, 0.25) is 11.8 Å². The Kier molecular flexibility index (Phi) is 7.19. The molecule has 0 aromatic heterocycles.